The quantitative estimate of drug-likeness (QED) is 0.736. The van der Waals surface area contributed by atoms with E-state index >= 15 is 0 Å². The van der Waals surface area contributed by atoms with Gasteiger partial charge in [0.25, 0.3) is 0 Å². The van der Waals surface area contributed by atoms with Crippen LogP contribution in [0.4, 0.5) is 0 Å². The largest absolute Gasteiger partial charge is 0.358 e. The highest BCUT2D eigenvalue weighted by molar-refractivity contribution is 7.07. The number of likely N-dealkylation sites (N-methyl/N-ethyl adjacent to an activating group) is 1. The Morgan fingerprint density at radius 3 is 3.00 bits per heavy atom. The van der Waals surface area contributed by atoms with Crippen LogP contribution in [0.2, 0.25) is 0 Å². The predicted molar refractivity (Wildman–Crippen MR) is 93.8 cm³/mol. The molecule has 2 aromatic rings. The molecule has 2 amide bonds. The second-order valence-electron chi connectivity index (χ2n) is 6.10. The summed E-state index contributed by atoms with van der Waals surface area (Å²) in [5, 5.41) is 13.9. The maximum absolute atomic E-state index is 12.2. The molecule has 9 heteroatoms. The summed E-state index contributed by atoms with van der Waals surface area (Å²) in [5.41, 5.74) is 1.19. The molecule has 2 atom stereocenters. The van der Waals surface area contributed by atoms with Gasteiger partial charge in [-0.15, -0.1) is 0 Å². The molecule has 0 radical (unpaired) electrons. The van der Waals surface area contributed by atoms with Gasteiger partial charge in [-0.1, -0.05) is 0 Å². The van der Waals surface area contributed by atoms with E-state index in [1.165, 1.54) is 11.9 Å². The van der Waals surface area contributed by atoms with Crippen molar-refractivity contribution in [3.05, 3.63) is 35.0 Å². The van der Waals surface area contributed by atoms with Gasteiger partial charge in [-0.2, -0.15) is 16.4 Å². The van der Waals surface area contributed by atoms with Gasteiger partial charge in [0.2, 0.25) is 11.8 Å². The summed E-state index contributed by atoms with van der Waals surface area (Å²) in [4.78, 5) is 30.3. The van der Waals surface area contributed by atoms with Gasteiger partial charge in [-0.25, -0.2) is 4.98 Å². The third kappa shape index (κ3) is 4.64. The SMILES string of the molecule is CNC(=O)[C@@H]1C[C@@H](NC(=O)CCn2cncn2)CN1Cc1ccsc1. The van der Waals surface area contributed by atoms with E-state index in [0.717, 1.165) is 0 Å². The van der Waals surface area contributed by atoms with Crippen molar-refractivity contribution in [2.45, 2.75) is 38.0 Å². The zero-order valence-electron chi connectivity index (χ0n) is 14.1. The van der Waals surface area contributed by atoms with E-state index in [2.05, 4.69) is 37.1 Å². The summed E-state index contributed by atoms with van der Waals surface area (Å²) < 4.78 is 1.63. The zero-order chi connectivity index (χ0) is 17.6. The van der Waals surface area contributed by atoms with E-state index in [9.17, 15) is 9.59 Å². The van der Waals surface area contributed by atoms with E-state index in [-0.39, 0.29) is 23.9 Å². The van der Waals surface area contributed by atoms with E-state index in [4.69, 9.17) is 0 Å². The molecular formula is C16H22N6O2S. The Kier molecular flexibility index (Phi) is 5.77. The fourth-order valence-electron chi connectivity index (χ4n) is 3.10. The van der Waals surface area contributed by atoms with Crippen LogP contribution in [-0.2, 0) is 22.7 Å². The number of aromatic nitrogens is 3. The molecule has 0 bridgehead atoms. The Labute approximate surface area is 150 Å². The van der Waals surface area contributed by atoms with Crippen LogP contribution in [0.1, 0.15) is 18.4 Å². The number of thiophene rings is 1. The monoisotopic (exact) mass is 362 g/mol. The summed E-state index contributed by atoms with van der Waals surface area (Å²) in [7, 11) is 1.65. The number of nitrogens with zero attached hydrogens (tertiary/aromatic N) is 4. The third-order valence-electron chi connectivity index (χ3n) is 4.32. The minimum atomic E-state index is -0.217. The van der Waals surface area contributed by atoms with E-state index in [1.54, 1.807) is 29.4 Å². The first-order chi connectivity index (χ1) is 12.2. The molecule has 1 fully saturated rings. The molecule has 3 heterocycles. The number of nitrogens with one attached hydrogen (secondary N) is 2. The molecule has 3 rings (SSSR count). The van der Waals surface area contributed by atoms with Crippen molar-refractivity contribution in [1.82, 2.24) is 30.3 Å². The number of aryl methyl sites for hydroxylation is 1. The molecule has 8 nitrogen and oxygen atoms in total. The summed E-state index contributed by atoms with van der Waals surface area (Å²) in [6.45, 7) is 1.88. The van der Waals surface area contributed by atoms with Crippen molar-refractivity contribution >= 4 is 23.2 Å². The summed E-state index contributed by atoms with van der Waals surface area (Å²) in [5.74, 6) is -0.0388. The number of carbonyl (C=O) groups is 2. The first-order valence-electron chi connectivity index (χ1n) is 8.24. The van der Waals surface area contributed by atoms with Crippen molar-refractivity contribution in [2.24, 2.45) is 0 Å². The molecule has 134 valence electrons. The first-order valence-corrected chi connectivity index (χ1v) is 9.18. The lowest BCUT2D eigenvalue weighted by Crippen LogP contribution is -2.41. The van der Waals surface area contributed by atoms with Crippen molar-refractivity contribution in [3.8, 4) is 0 Å². The number of hydrogen-bond acceptors (Lipinski definition) is 6. The lowest BCUT2D eigenvalue weighted by Gasteiger charge is -2.22. The Bertz CT molecular complexity index is 688. The molecule has 1 aliphatic heterocycles. The highest BCUT2D eigenvalue weighted by Crippen LogP contribution is 2.22. The van der Waals surface area contributed by atoms with E-state index < -0.39 is 0 Å². The van der Waals surface area contributed by atoms with Gasteiger partial charge in [0, 0.05) is 32.6 Å². The lowest BCUT2D eigenvalue weighted by atomic mass is 10.1. The Balaban J connectivity index is 1.54. The fraction of sp³-hybridized carbons (Fsp3) is 0.500. The van der Waals surface area contributed by atoms with Gasteiger partial charge in [-0.05, 0) is 28.8 Å². The van der Waals surface area contributed by atoms with Gasteiger partial charge in [-0.3, -0.25) is 19.2 Å². The molecule has 0 saturated carbocycles. The standard InChI is InChI=1S/C16H22N6O2S/c1-17-16(24)14-6-13(8-21(14)7-12-3-5-25-9-12)20-15(23)2-4-22-11-18-10-19-22/h3,5,9-11,13-14H,2,4,6-8H2,1H3,(H,17,24)(H,20,23)/t13-,14+/m1/s1. The average molecular weight is 362 g/mol. The molecule has 0 spiro atoms. The second-order valence-corrected chi connectivity index (χ2v) is 6.88. The Morgan fingerprint density at radius 1 is 1.44 bits per heavy atom. The molecule has 25 heavy (non-hydrogen) atoms. The van der Waals surface area contributed by atoms with Crippen molar-refractivity contribution in [3.63, 3.8) is 0 Å². The number of amides is 2. The minimum absolute atomic E-state index is 0.00501. The highest BCUT2D eigenvalue weighted by atomic mass is 32.1. The second kappa shape index (κ2) is 8.21. The van der Waals surface area contributed by atoms with Crippen LogP contribution in [0.3, 0.4) is 0 Å². The smallest absolute Gasteiger partial charge is 0.237 e. The maximum atomic E-state index is 12.2. The minimum Gasteiger partial charge on any atom is -0.358 e. The average Bonchev–Trinajstić information content (AvgIpc) is 3.35. The van der Waals surface area contributed by atoms with Crippen molar-refractivity contribution in [1.29, 1.82) is 0 Å². The number of rotatable bonds is 7. The Morgan fingerprint density at radius 2 is 2.32 bits per heavy atom. The number of carbonyl (C=O) groups excluding carboxylic acids is 2. The van der Waals surface area contributed by atoms with Gasteiger partial charge in [0.15, 0.2) is 0 Å². The molecule has 0 unspecified atom stereocenters. The fourth-order valence-corrected chi connectivity index (χ4v) is 3.76. The van der Waals surface area contributed by atoms with Crippen LogP contribution in [0.5, 0.6) is 0 Å². The summed E-state index contributed by atoms with van der Waals surface area (Å²) >= 11 is 1.64. The van der Waals surface area contributed by atoms with E-state index in [1.807, 2.05) is 5.38 Å². The molecule has 0 aromatic carbocycles. The van der Waals surface area contributed by atoms with Crippen LogP contribution in [0, 0.1) is 0 Å². The van der Waals surface area contributed by atoms with Crippen LogP contribution in [0.25, 0.3) is 0 Å². The number of hydrogen-bond donors (Lipinski definition) is 2. The normalized spacial score (nSPS) is 20.5. The highest BCUT2D eigenvalue weighted by Gasteiger charge is 2.36. The van der Waals surface area contributed by atoms with Crippen LogP contribution < -0.4 is 10.6 Å². The van der Waals surface area contributed by atoms with Gasteiger partial charge < -0.3 is 10.6 Å². The summed E-state index contributed by atoms with van der Waals surface area (Å²) in [6.07, 6.45) is 4.01. The van der Waals surface area contributed by atoms with Gasteiger partial charge >= 0.3 is 0 Å². The van der Waals surface area contributed by atoms with Gasteiger partial charge in [0.1, 0.15) is 12.7 Å². The number of likely N-dealkylation sites (tertiary alicyclic amines) is 1. The topological polar surface area (TPSA) is 92.2 Å². The molecule has 2 aromatic heterocycles. The van der Waals surface area contributed by atoms with Crippen molar-refractivity contribution < 1.29 is 9.59 Å². The van der Waals surface area contributed by atoms with Gasteiger partial charge in [0.05, 0.1) is 12.6 Å². The molecule has 2 N–H and O–H groups in total. The predicted octanol–water partition coefficient (Wildman–Crippen LogP) is 0.235. The molecule has 1 aliphatic rings. The molecule has 0 aliphatic carbocycles. The van der Waals surface area contributed by atoms with Crippen LogP contribution >= 0.6 is 11.3 Å². The maximum Gasteiger partial charge on any atom is 0.237 e. The third-order valence-corrected chi connectivity index (χ3v) is 5.05. The summed E-state index contributed by atoms with van der Waals surface area (Å²) in [6, 6.07) is 1.82. The molecule has 1 saturated heterocycles. The zero-order valence-corrected chi connectivity index (χ0v) is 14.9. The molecular weight excluding hydrogens is 340 g/mol. The first kappa shape index (κ1) is 17.6. The van der Waals surface area contributed by atoms with Crippen molar-refractivity contribution in [2.75, 3.05) is 13.6 Å². The van der Waals surface area contributed by atoms with E-state index in [0.29, 0.717) is 32.5 Å². The lowest BCUT2D eigenvalue weighted by molar-refractivity contribution is -0.125. The van der Waals surface area contributed by atoms with Crippen LogP contribution in [-0.4, -0.2) is 57.2 Å². The van der Waals surface area contributed by atoms with Crippen LogP contribution in [0.15, 0.2) is 29.5 Å². The Hall–Kier alpha value is -2.26.